The lowest BCUT2D eigenvalue weighted by Gasteiger charge is -2.31. The lowest BCUT2D eigenvalue weighted by Crippen LogP contribution is -2.39. The molecule has 1 fully saturated rings. The van der Waals surface area contributed by atoms with E-state index in [9.17, 15) is 4.79 Å². The summed E-state index contributed by atoms with van der Waals surface area (Å²) in [4.78, 5) is 19.3. The normalized spacial score (nSPS) is 16.6. The number of hydrogen-bond donors (Lipinski definition) is 0. The molecule has 0 saturated carbocycles. The van der Waals surface area contributed by atoms with Crippen LogP contribution in [0.2, 0.25) is 0 Å². The topological polar surface area (TPSA) is 68.5 Å². The van der Waals surface area contributed by atoms with Crippen molar-refractivity contribution in [2.45, 2.75) is 38.7 Å². The number of rotatable bonds is 7. The zero-order valence-corrected chi connectivity index (χ0v) is 17.3. The summed E-state index contributed by atoms with van der Waals surface area (Å²) in [7, 11) is 0. The summed E-state index contributed by atoms with van der Waals surface area (Å²) in [6, 6.07) is 17.8. The van der Waals surface area contributed by atoms with E-state index in [2.05, 4.69) is 10.1 Å². The minimum Gasteiger partial charge on any atom is -0.376 e. The maximum absolute atomic E-state index is 12.9. The Morgan fingerprint density at radius 3 is 2.90 bits per heavy atom. The molecule has 4 rings (SSSR count). The molecule has 1 unspecified atom stereocenters. The number of aromatic nitrogens is 2. The molecule has 3 aromatic rings. The number of amides is 1. The molecule has 30 heavy (non-hydrogen) atoms. The summed E-state index contributed by atoms with van der Waals surface area (Å²) >= 11 is 0. The Morgan fingerprint density at radius 2 is 2.07 bits per heavy atom. The van der Waals surface area contributed by atoms with Gasteiger partial charge in [0.25, 0.3) is 5.91 Å². The molecule has 0 radical (unpaired) electrons. The van der Waals surface area contributed by atoms with E-state index in [0.717, 1.165) is 36.1 Å². The Balaban J connectivity index is 1.30. The van der Waals surface area contributed by atoms with Crippen molar-refractivity contribution < 1.29 is 14.1 Å². The Bertz CT molecular complexity index is 971. The van der Waals surface area contributed by atoms with Crippen molar-refractivity contribution in [3.05, 3.63) is 83.0 Å². The molecule has 1 amide bonds. The second-order valence-corrected chi connectivity index (χ2v) is 7.80. The first-order valence-electron chi connectivity index (χ1n) is 10.5. The molecule has 0 bridgehead atoms. The molecule has 0 N–H and O–H groups in total. The highest BCUT2D eigenvalue weighted by atomic mass is 16.5. The Kier molecular flexibility index (Phi) is 6.54. The van der Waals surface area contributed by atoms with Gasteiger partial charge in [-0.2, -0.15) is 4.98 Å². The molecular weight excluding hydrogens is 378 g/mol. The number of aryl methyl sites for hydroxylation is 1. The molecule has 1 aliphatic rings. The second-order valence-electron chi connectivity index (χ2n) is 7.80. The van der Waals surface area contributed by atoms with Crippen molar-refractivity contribution in [3.63, 3.8) is 0 Å². The van der Waals surface area contributed by atoms with Gasteiger partial charge in [-0.25, -0.2) is 0 Å². The Labute approximate surface area is 176 Å². The van der Waals surface area contributed by atoms with Crippen molar-refractivity contribution >= 4 is 5.91 Å². The van der Waals surface area contributed by atoms with E-state index < -0.39 is 0 Å². The first kappa shape index (κ1) is 20.3. The number of hydrogen-bond acceptors (Lipinski definition) is 5. The van der Waals surface area contributed by atoms with Crippen LogP contribution in [0.1, 0.15) is 52.0 Å². The number of carbonyl (C=O) groups is 1. The van der Waals surface area contributed by atoms with Gasteiger partial charge in [0.15, 0.2) is 5.82 Å². The van der Waals surface area contributed by atoms with E-state index in [-0.39, 0.29) is 11.8 Å². The van der Waals surface area contributed by atoms with E-state index in [1.807, 2.05) is 66.4 Å². The summed E-state index contributed by atoms with van der Waals surface area (Å²) in [6.07, 6.45) is 2.48. The maximum Gasteiger partial charge on any atom is 0.253 e. The molecule has 2 aromatic carbocycles. The quantitative estimate of drug-likeness (QED) is 0.552. The highest BCUT2D eigenvalue weighted by Gasteiger charge is 2.29. The molecular formula is C24H27N3O3. The predicted octanol–water partition coefficient (Wildman–Crippen LogP) is 4.16. The van der Waals surface area contributed by atoms with Crippen molar-refractivity contribution in [2.75, 3.05) is 19.7 Å². The van der Waals surface area contributed by atoms with Gasteiger partial charge in [0, 0.05) is 25.1 Å². The first-order valence-corrected chi connectivity index (χ1v) is 10.5. The Hall–Kier alpha value is -2.99. The van der Waals surface area contributed by atoms with Crippen LogP contribution in [0.4, 0.5) is 0 Å². The van der Waals surface area contributed by atoms with Crippen molar-refractivity contribution in [1.82, 2.24) is 15.0 Å². The summed E-state index contributed by atoms with van der Waals surface area (Å²) in [5.74, 6) is 1.42. The van der Waals surface area contributed by atoms with E-state index in [1.165, 1.54) is 0 Å². The number of benzene rings is 2. The first-order chi connectivity index (χ1) is 14.7. The fourth-order valence-electron chi connectivity index (χ4n) is 3.79. The fourth-order valence-corrected chi connectivity index (χ4v) is 3.79. The van der Waals surface area contributed by atoms with Gasteiger partial charge in [0.1, 0.15) is 0 Å². The van der Waals surface area contributed by atoms with Crippen LogP contribution in [0.5, 0.6) is 0 Å². The molecule has 0 aliphatic carbocycles. The minimum atomic E-state index is 0.0671. The summed E-state index contributed by atoms with van der Waals surface area (Å²) < 4.78 is 11.2. The van der Waals surface area contributed by atoms with Crippen LogP contribution in [-0.4, -0.2) is 40.6 Å². The second kappa shape index (κ2) is 9.67. The lowest BCUT2D eigenvalue weighted by atomic mass is 9.97. The van der Waals surface area contributed by atoms with Gasteiger partial charge in [-0.05, 0) is 37.5 Å². The van der Waals surface area contributed by atoms with Gasteiger partial charge in [-0.1, -0.05) is 53.2 Å². The van der Waals surface area contributed by atoms with Gasteiger partial charge in [0.05, 0.1) is 19.1 Å². The van der Waals surface area contributed by atoms with Crippen molar-refractivity contribution in [2.24, 2.45) is 0 Å². The van der Waals surface area contributed by atoms with Crippen LogP contribution in [0.25, 0.3) is 0 Å². The van der Waals surface area contributed by atoms with Crippen LogP contribution in [-0.2, 0) is 17.8 Å². The van der Waals surface area contributed by atoms with E-state index >= 15 is 0 Å². The van der Waals surface area contributed by atoms with Crippen LogP contribution < -0.4 is 0 Å². The summed E-state index contributed by atoms with van der Waals surface area (Å²) in [5, 5.41) is 4.11. The smallest absolute Gasteiger partial charge is 0.253 e. The monoisotopic (exact) mass is 405 g/mol. The molecule has 0 spiro atoms. The molecule has 6 heteroatoms. The van der Waals surface area contributed by atoms with Gasteiger partial charge in [-0.15, -0.1) is 0 Å². The largest absolute Gasteiger partial charge is 0.376 e. The third-order valence-corrected chi connectivity index (χ3v) is 5.39. The lowest BCUT2D eigenvalue weighted by molar-refractivity contribution is 0.0695. The molecule has 156 valence electrons. The predicted molar refractivity (Wildman–Crippen MR) is 113 cm³/mol. The molecule has 1 saturated heterocycles. The molecule has 1 aliphatic heterocycles. The van der Waals surface area contributed by atoms with Crippen LogP contribution >= 0.6 is 0 Å². The SMILES string of the molecule is Cc1cccc(C(=O)N2CCCC(c3nc(CCOCc4ccccc4)no3)C2)c1. The van der Waals surface area contributed by atoms with Crippen LogP contribution in [0.15, 0.2) is 59.1 Å². The number of carbonyl (C=O) groups excluding carboxylic acids is 1. The number of likely N-dealkylation sites (tertiary alicyclic amines) is 1. The van der Waals surface area contributed by atoms with Gasteiger partial charge >= 0.3 is 0 Å². The standard InChI is InChI=1S/C24H27N3O3/c1-18-7-5-10-20(15-18)24(28)27-13-6-11-21(16-27)23-25-22(26-30-23)12-14-29-17-19-8-3-2-4-9-19/h2-5,7-10,15,21H,6,11-14,16-17H2,1H3. The third kappa shape index (κ3) is 5.13. The number of nitrogens with zero attached hydrogens (tertiary/aromatic N) is 3. The highest BCUT2D eigenvalue weighted by Crippen LogP contribution is 2.27. The van der Waals surface area contributed by atoms with Crippen molar-refractivity contribution in [3.8, 4) is 0 Å². The maximum atomic E-state index is 12.9. The highest BCUT2D eigenvalue weighted by molar-refractivity contribution is 5.94. The average molecular weight is 405 g/mol. The van der Waals surface area contributed by atoms with E-state index in [1.54, 1.807) is 0 Å². The molecule has 2 heterocycles. The number of piperidine rings is 1. The zero-order valence-electron chi connectivity index (χ0n) is 17.3. The molecule has 6 nitrogen and oxygen atoms in total. The van der Waals surface area contributed by atoms with Crippen LogP contribution in [0.3, 0.4) is 0 Å². The minimum absolute atomic E-state index is 0.0671. The van der Waals surface area contributed by atoms with Gasteiger partial charge in [0.2, 0.25) is 5.89 Å². The Morgan fingerprint density at radius 1 is 1.20 bits per heavy atom. The van der Waals surface area contributed by atoms with Gasteiger partial charge < -0.3 is 14.2 Å². The van der Waals surface area contributed by atoms with E-state index in [4.69, 9.17) is 9.26 Å². The summed E-state index contributed by atoms with van der Waals surface area (Å²) in [5.41, 5.74) is 2.97. The summed E-state index contributed by atoms with van der Waals surface area (Å²) in [6.45, 7) is 4.48. The third-order valence-electron chi connectivity index (χ3n) is 5.39. The molecule has 1 atom stereocenters. The average Bonchev–Trinajstić information content (AvgIpc) is 3.26. The van der Waals surface area contributed by atoms with E-state index in [0.29, 0.717) is 37.9 Å². The number of ether oxygens (including phenoxy) is 1. The fraction of sp³-hybridized carbons (Fsp3) is 0.375. The van der Waals surface area contributed by atoms with Crippen LogP contribution in [0, 0.1) is 6.92 Å². The molecule has 1 aromatic heterocycles. The van der Waals surface area contributed by atoms with Gasteiger partial charge in [-0.3, -0.25) is 4.79 Å². The zero-order chi connectivity index (χ0) is 20.8. The van der Waals surface area contributed by atoms with Crippen molar-refractivity contribution in [1.29, 1.82) is 0 Å².